The molecule has 0 fully saturated rings. The van der Waals surface area contributed by atoms with Crippen LogP contribution in [0.1, 0.15) is 5.56 Å². The molecule has 2 aromatic carbocycles. The van der Waals surface area contributed by atoms with Crippen LogP contribution in [0.5, 0.6) is 17.2 Å². The average Bonchev–Trinajstić information content (AvgIpc) is 3.17. The summed E-state index contributed by atoms with van der Waals surface area (Å²) in [6.45, 7) is 0. The second-order valence-electron chi connectivity index (χ2n) is 5.48. The van der Waals surface area contributed by atoms with Crippen molar-refractivity contribution < 1.29 is 18.6 Å². The van der Waals surface area contributed by atoms with E-state index in [0.717, 1.165) is 22.8 Å². The first-order valence-corrected chi connectivity index (χ1v) is 9.52. The molecule has 6 nitrogen and oxygen atoms in total. The molecule has 0 unspecified atom stereocenters. The van der Waals surface area contributed by atoms with E-state index in [1.54, 1.807) is 33.5 Å². The molecule has 0 aliphatic carbocycles. The fraction of sp³-hybridized carbons (Fsp3) is 0.263. The first kappa shape index (κ1) is 19.4. The van der Waals surface area contributed by atoms with Crippen molar-refractivity contribution in [2.45, 2.75) is 11.6 Å². The number of aromatic nitrogens is 2. The van der Waals surface area contributed by atoms with Gasteiger partial charge in [0.15, 0.2) is 11.5 Å². The lowest BCUT2D eigenvalue weighted by molar-refractivity contribution is 0.324. The van der Waals surface area contributed by atoms with Gasteiger partial charge in [0.1, 0.15) is 0 Å². The molecule has 3 rings (SSSR count). The fourth-order valence-electron chi connectivity index (χ4n) is 2.54. The zero-order valence-corrected chi connectivity index (χ0v) is 16.8. The smallest absolute Gasteiger partial charge is 0.276 e. The number of nitrogens with zero attached hydrogens (tertiary/aromatic N) is 2. The summed E-state index contributed by atoms with van der Waals surface area (Å²) in [5, 5.41) is 9.48. The van der Waals surface area contributed by atoms with E-state index in [-0.39, 0.29) is 0 Å². The molecule has 0 spiro atoms. The zero-order valence-electron chi connectivity index (χ0n) is 15.2. The third kappa shape index (κ3) is 4.48. The molecule has 1 heterocycles. The highest BCUT2D eigenvalue weighted by atomic mass is 35.5. The Balaban J connectivity index is 1.73. The Morgan fingerprint density at radius 1 is 1.00 bits per heavy atom. The fourth-order valence-corrected chi connectivity index (χ4v) is 3.50. The monoisotopic (exact) mass is 406 g/mol. The van der Waals surface area contributed by atoms with E-state index in [9.17, 15) is 0 Å². The molecule has 0 radical (unpaired) electrons. The van der Waals surface area contributed by atoms with Crippen LogP contribution < -0.4 is 14.2 Å². The molecule has 8 heteroatoms. The summed E-state index contributed by atoms with van der Waals surface area (Å²) < 4.78 is 21.8. The van der Waals surface area contributed by atoms with Crippen LogP contribution in [0.4, 0.5) is 0 Å². The van der Waals surface area contributed by atoms with Crippen LogP contribution in [-0.4, -0.2) is 37.3 Å². The molecule has 0 aliphatic heterocycles. The molecule has 0 saturated heterocycles. The van der Waals surface area contributed by atoms with Crippen molar-refractivity contribution in [1.29, 1.82) is 0 Å². The van der Waals surface area contributed by atoms with Crippen molar-refractivity contribution in [1.82, 2.24) is 10.2 Å². The number of methoxy groups -OCH3 is 3. The summed E-state index contributed by atoms with van der Waals surface area (Å²) in [5.41, 5.74) is 1.78. The predicted octanol–water partition coefficient (Wildman–Crippen LogP) is 4.75. The molecule has 3 aromatic rings. The predicted molar refractivity (Wildman–Crippen MR) is 105 cm³/mol. The van der Waals surface area contributed by atoms with Crippen molar-refractivity contribution in [3.05, 3.63) is 47.0 Å². The maximum absolute atomic E-state index is 6.18. The molecular weight excluding hydrogens is 388 g/mol. The van der Waals surface area contributed by atoms with Crippen molar-refractivity contribution in [2.24, 2.45) is 0 Å². The van der Waals surface area contributed by atoms with Gasteiger partial charge in [0.05, 0.1) is 21.3 Å². The molecular formula is C19H19ClN2O4S. The second-order valence-corrected chi connectivity index (χ2v) is 6.93. The highest BCUT2D eigenvalue weighted by Crippen LogP contribution is 2.41. The van der Waals surface area contributed by atoms with Gasteiger partial charge >= 0.3 is 0 Å². The van der Waals surface area contributed by atoms with Gasteiger partial charge in [-0.3, -0.25) is 0 Å². The Morgan fingerprint density at radius 2 is 1.70 bits per heavy atom. The van der Waals surface area contributed by atoms with Crippen molar-refractivity contribution >= 4 is 23.4 Å². The van der Waals surface area contributed by atoms with Gasteiger partial charge in [-0.15, -0.1) is 10.2 Å². The maximum Gasteiger partial charge on any atom is 0.276 e. The van der Waals surface area contributed by atoms with Crippen LogP contribution in [0.3, 0.4) is 0 Å². The van der Waals surface area contributed by atoms with Crippen LogP contribution in [0, 0.1) is 0 Å². The molecule has 0 bridgehead atoms. The molecule has 1 aromatic heterocycles. The Labute approximate surface area is 166 Å². The van der Waals surface area contributed by atoms with E-state index >= 15 is 0 Å². The largest absolute Gasteiger partial charge is 0.493 e. The third-order valence-corrected chi connectivity index (χ3v) is 5.06. The van der Waals surface area contributed by atoms with Crippen LogP contribution >= 0.6 is 23.4 Å². The Kier molecular flexibility index (Phi) is 6.47. The van der Waals surface area contributed by atoms with Gasteiger partial charge < -0.3 is 18.6 Å². The van der Waals surface area contributed by atoms with E-state index in [1.165, 1.54) is 11.8 Å². The lowest BCUT2D eigenvalue weighted by atomic mass is 10.2. The van der Waals surface area contributed by atoms with Crippen LogP contribution in [0.15, 0.2) is 46.0 Å². The number of ether oxygens (including phenoxy) is 3. The quantitative estimate of drug-likeness (QED) is 0.500. The zero-order chi connectivity index (χ0) is 19.2. The molecule has 0 saturated carbocycles. The van der Waals surface area contributed by atoms with Crippen molar-refractivity contribution in [3.63, 3.8) is 0 Å². The SMILES string of the molecule is COc1cc(-c2nnc(SCCc3ccccc3Cl)o2)cc(OC)c1OC. The lowest BCUT2D eigenvalue weighted by Crippen LogP contribution is -1.95. The minimum atomic E-state index is 0.384. The first-order valence-electron chi connectivity index (χ1n) is 8.16. The first-order chi connectivity index (χ1) is 13.2. The second kappa shape index (κ2) is 9.01. The summed E-state index contributed by atoms with van der Waals surface area (Å²) in [5.74, 6) is 2.73. The topological polar surface area (TPSA) is 66.6 Å². The summed E-state index contributed by atoms with van der Waals surface area (Å²) in [6, 6.07) is 11.3. The summed E-state index contributed by atoms with van der Waals surface area (Å²) in [4.78, 5) is 0. The van der Waals surface area contributed by atoms with Gasteiger partial charge in [-0.25, -0.2) is 0 Å². The number of halogens is 1. The number of hydrogen-bond donors (Lipinski definition) is 0. The third-order valence-electron chi connectivity index (χ3n) is 3.87. The van der Waals surface area contributed by atoms with Crippen molar-refractivity contribution in [3.8, 4) is 28.7 Å². The number of hydrogen-bond acceptors (Lipinski definition) is 7. The summed E-state index contributed by atoms with van der Waals surface area (Å²) >= 11 is 7.66. The number of rotatable bonds is 8. The van der Waals surface area contributed by atoms with Gasteiger partial charge in [-0.1, -0.05) is 41.6 Å². The molecule has 142 valence electrons. The van der Waals surface area contributed by atoms with Gasteiger partial charge in [0.25, 0.3) is 5.22 Å². The van der Waals surface area contributed by atoms with E-state index < -0.39 is 0 Å². The maximum atomic E-state index is 6.18. The minimum Gasteiger partial charge on any atom is -0.493 e. The molecule has 0 aliphatic rings. The summed E-state index contributed by atoms with van der Waals surface area (Å²) in [6.07, 6.45) is 0.812. The average molecular weight is 407 g/mol. The number of benzene rings is 2. The van der Waals surface area contributed by atoms with E-state index in [0.29, 0.717) is 33.9 Å². The lowest BCUT2D eigenvalue weighted by Gasteiger charge is -2.12. The normalized spacial score (nSPS) is 10.7. The van der Waals surface area contributed by atoms with E-state index in [2.05, 4.69) is 10.2 Å². The molecule has 27 heavy (non-hydrogen) atoms. The van der Waals surface area contributed by atoms with Gasteiger partial charge in [-0.05, 0) is 30.2 Å². The Hall–Kier alpha value is -2.38. The van der Waals surface area contributed by atoms with Crippen molar-refractivity contribution in [2.75, 3.05) is 27.1 Å². The van der Waals surface area contributed by atoms with E-state index in [4.69, 9.17) is 30.2 Å². The molecule has 0 atom stereocenters. The number of thioether (sulfide) groups is 1. The van der Waals surface area contributed by atoms with Crippen LogP contribution in [0.2, 0.25) is 5.02 Å². The molecule has 0 amide bonds. The van der Waals surface area contributed by atoms with Gasteiger partial charge in [0, 0.05) is 16.3 Å². The van der Waals surface area contributed by atoms with Crippen LogP contribution in [-0.2, 0) is 6.42 Å². The highest BCUT2D eigenvalue weighted by Gasteiger charge is 2.17. The minimum absolute atomic E-state index is 0.384. The standard InChI is InChI=1S/C19H19ClN2O4S/c1-23-15-10-13(11-16(24-2)17(15)25-3)18-21-22-19(26-18)27-9-8-12-6-4-5-7-14(12)20/h4-7,10-11H,8-9H2,1-3H3. The highest BCUT2D eigenvalue weighted by molar-refractivity contribution is 7.99. The van der Waals surface area contributed by atoms with Gasteiger partial charge in [-0.2, -0.15) is 0 Å². The van der Waals surface area contributed by atoms with Crippen LogP contribution in [0.25, 0.3) is 11.5 Å². The van der Waals surface area contributed by atoms with E-state index in [1.807, 2.05) is 24.3 Å². The summed E-state index contributed by atoms with van der Waals surface area (Å²) in [7, 11) is 4.68. The Morgan fingerprint density at radius 3 is 2.33 bits per heavy atom. The van der Waals surface area contributed by atoms with Gasteiger partial charge in [0.2, 0.25) is 11.6 Å². The molecule has 0 N–H and O–H groups in total. The Bertz CT molecular complexity index is 891. The number of aryl methyl sites for hydroxylation is 1.